The number of ether oxygens (including phenoxy) is 1. The van der Waals surface area contributed by atoms with Crippen molar-refractivity contribution in [1.82, 2.24) is 14.5 Å². The van der Waals surface area contributed by atoms with Crippen LogP contribution in [0.5, 0.6) is 0 Å². The Hall–Kier alpha value is -1.36. The van der Waals surface area contributed by atoms with Gasteiger partial charge in [-0.05, 0) is 6.42 Å². The number of rotatable bonds is 5. The first-order valence-electron chi connectivity index (χ1n) is 7.13. The number of morpholine rings is 1. The van der Waals surface area contributed by atoms with Crippen molar-refractivity contribution in [2.75, 3.05) is 19.8 Å². The van der Waals surface area contributed by atoms with Crippen LogP contribution in [0, 0.1) is 0 Å². The fraction of sp³-hybridized carbons (Fsp3) is 0.714. The molecule has 0 aromatic carbocycles. The number of aromatic nitrogens is 2. The van der Waals surface area contributed by atoms with Crippen LogP contribution in [-0.4, -0.2) is 46.2 Å². The highest BCUT2D eigenvalue weighted by molar-refractivity contribution is 5.76. The van der Waals surface area contributed by atoms with Gasteiger partial charge in [0, 0.05) is 25.4 Å². The lowest BCUT2D eigenvalue weighted by Gasteiger charge is -2.35. The molecular weight excluding hydrogens is 242 g/mol. The zero-order valence-corrected chi connectivity index (χ0v) is 11.8. The van der Waals surface area contributed by atoms with Crippen molar-refractivity contribution in [1.29, 1.82) is 0 Å². The number of carbonyl (C=O) groups is 1. The molecule has 1 amide bonds. The smallest absolute Gasteiger partial charge is 0.242 e. The molecule has 1 saturated heterocycles. The standard InChI is InChI=1S/C14H23N3O2/c1-3-5-12-11-19-9-8-17(12)14(18)10-16-7-6-15-13(16)4-2/h6-7,12H,3-5,8-11H2,1-2H3/t12-/m0/s1. The minimum atomic E-state index is 0.175. The second-order valence-electron chi connectivity index (χ2n) is 4.93. The molecule has 1 aliphatic heterocycles. The summed E-state index contributed by atoms with van der Waals surface area (Å²) in [5, 5.41) is 0. The minimum absolute atomic E-state index is 0.175. The zero-order valence-electron chi connectivity index (χ0n) is 11.8. The van der Waals surface area contributed by atoms with Gasteiger partial charge in [-0.1, -0.05) is 20.3 Å². The predicted octanol–water partition coefficient (Wildman–Crippen LogP) is 1.47. The molecule has 2 rings (SSSR count). The SMILES string of the molecule is CCC[C@H]1COCCN1C(=O)Cn1ccnc1CC. The van der Waals surface area contributed by atoms with Crippen LogP contribution in [0.1, 0.15) is 32.5 Å². The van der Waals surface area contributed by atoms with Crippen LogP contribution in [-0.2, 0) is 22.5 Å². The number of hydrogen-bond donors (Lipinski definition) is 0. The third kappa shape index (κ3) is 3.35. The van der Waals surface area contributed by atoms with E-state index in [1.165, 1.54) is 0 Å². The first-order valence-corrected chi connectivity index (χ1v) is 7.13. The van der Waals surface area contributed by atoms with Crippen molar-refractivity contribution >= 4 is 5.91 Å². The number of carbonyl (C=O) groups excluding carboxylic acids is 1. The predicted molar refractivity (Wildman–Crippen MR) is 72.8 cm³/mol. The minimum Gasteiger partial charge on any atom is -0.377 e. The van der Waals surface area contributed by atoms with Gasteiger partial charge in [0.25, 0.3) is 0 Å². The third-order valence-electron chi connectivity index (χ3n) is 3.59. The van der Waals surface area contributed by atoms with Gasteiger partial charge < -0.3 is 14.2 Å². The van der Waals surface area contributed by atoms with Crippen molar-refractivity contribution in [2.45, 2.75) is 45.7 Å². The summed E-state index contributed by atoms with van der Waals surface area (Å²) in [7, 11) is 0. The number of imidazole rings is 1. The van der Waals surface area contributed by atoms with Crippen LogP contribution >= 0.6 is 0 Å². The van der Waals surface area contributed by atoms with Crippen LogP contribution in [0.2, 0.25) is 0 Å². The van der Waals surface area contributed by atoms with Crippen molar-refractivity contribution in [3.63, 3.8) is 0 Å². The molecule has 0 saturated carbocycles. The average molecular weight is 265 g/mol. The Kier molecular flexibility index (Phi) is 4.96. The molecule has 1 atom stereocenters. The second kappa shape index (κ2) is 6.70. The van der Waals surface area contributed by atoms with Gasteiger partial charge in [-0.25, -0.2) is 4.98 Å². The molecule has 0 bridgehead atoms. The van der Waals surface area contributed by atoms with Gasteiger partial charge in [0.05, 0.1) is 19.3 Å². The van der Waals surface area contributed by atoms with Gasteiger partial charge in [0.2, 0.25) is 5.91 Å². The molecule has 106 valence electrons. The molecule has 1 fully saturated rings. The van der Waals surface area contributed by atoms with Gasteiger partial charge in [0.15, 0.2) is 0 Å². The van der Waals surface area contributed by atoms with Crippen molar-refractivity contribution in [3.05, 3.63) is 18.2 Å². The Morgan fingerprint density at radius 3 is 3.11 bits per heavy atom. The van der Waals surface area contributed by atoms with E-state index in [1.54, 1.807) is 6.20 Å². The molecule has 1 aromatic rings. The summed E-state index contributed by atoms with van der Waals surface area (Å²) >= 11 is 0. The molecule has 1 aromatic heterocycles. The Labute approximate surface area is 114 Å². The first kappa shape index (κ1) is 14.1. The summed E-state index contributed by atoms with van der Waals surface area (Å²) < 4.78 is 7.43. The summed E-state index contributed by atoms with van der Waals surface area (Å²) in [4.78, 5) is 18.7. The van der Waals surface area contributed by atoms with E-state index < -0.39 is 0 Å². The number of amides is 1. The van der Waals surface area contributed by atoms with E-state index in [-0.39, 0.29) is 11.9 Å². The van der Waals surface area contributed by atoms with Crippen molar-refractivity contribution < 1.29 is 9.53 Å². The van der Waals surface area contributed by atoms with Gasteiger partial charge in [-0.3, -0.25) is 4.79 Å². The number of nitrogens with zero attached hydrogens (tertiary/aromatic N) is 3. The average Bonchev–Trinajstić information content (AvgIpc) is 2.87. The quantitative estimate of drug-likeness (QED) is 0.810. The number of aryl methyl sites for hydroxylation is 1. The Morgan fingerprint density at radius 1 is 1.53 bits per heavy atom. The maximum absolute atomic E-state index is 12.4. The molecule has 19 heavy (non-hydrogen) atoms. The van der Waals surface area contributed by atoms with E-state index >= 15 is 0 Å². The highest BCUT2D eigenvalue weighted by atomic mass is 16.5. The first-order chi connectivity index (χ1) is 9.26. The molecule has 2 heterocycles. The van der Waals surface area contributed by atoms with Crippen LogP contribution < -0.4 is 0 Å². The van der Waals surface area contributed by atoms with E-state index in [0.717, 1.165) is 25.1 Å². The summed E-state index contributed by atoms with van der Waals surface area (Å²) in [5.41, 5.74) is 0. The lowest BCUT2D eigenvalue weighted by molar-refractivity contribution is -0.140. The van der Waals surface area contributed by atoms with E-state index in [2.05, 4.69) is 18.8 Å². The van der Waals surface area contributed by atoms with E-state index in [4.69, 9.17) is 4.74 Å². The van der Waals surface area contributed by atoms with Gasteiger partial charge in [0.1, 0.15) is 12.4 Å². The van der Waals surface area contributed by atoms with Crippen LogP contribution in [0.15, 0.2) is 12.4 Å². The highest BCUT2D eigenvalue weighted by Gasteiger charge is 2.26. The third-order valence-corrected chi connectivity index (χ3v) is 3.59. The Bertz CT molecular complexity index is 415. The van der Waals surface area contributed by atoms with E-state index in [1.807, 2.05) is 15.7 Å². The van der Waals surface area contributed by atoms with E-state index in [0.29, 0.717) is 26.3 Å². The van der Waals surface area contributed by atoms with Gasteiger partial charge >= 0.3 is 0 Å². The summed E-state index contributed by atoms with van der Waals surface area (Å²) in [6.07, 6.45) is 6.57. The second-order valence-corrected chi connectivity index (χ2v) is 4.93. The topological polar surface area (TPSA) is 47.4 Å². The van der Waals surface area contributed by atoms with Crippen LogP contribution in [0.3, 0.4) is 0 Å². The number of hydrogen-bond acceptors (Lipinski definition) is 3. The molecule has 5 heteroatoms. The largest absolute Gasteiger partial charge is 0.377 e. The summed E-state index contributed by atoms with van der Waals surface area (Å²) in [6, 6.07) is 0.236. The molecule has 0 spiro atoms. The molecular formula is C14H23N3O2. The molecule has 1 aliphatic rings. The van der Waals surface area contributed by atoms with Gasteiger partial charge in [-0.2, -0.15) is 0 Å². The molecule has 0 radical (unpaired) electrons. The molecule has 0 unspecified atom stereocenters. The Morgan fingerprint density at radius 2 is 2.37 bits per heavy atom. The maximum atomic E-state index is 12.4. The zero-order chi connectivity index (χ0) is 13.7. The normalized spacial score (nSPS) is 19.7. The molecule has 0 N–H and O–H groups in total. The van der Waals surface area contributed by atoms with Crippen LogP contribution in [0.4, 0.5) is 0 Å². The highest BCUT2D eigenvalue weighted by Crippen LogP contribution is 2.13. The summed E-state index contributed by atoms with van der Waals surface area (Å²) in [5.74, 6) is 1.14. The molecule has 0 aliphatic carbocycles. The Balaban J connectivity index is 2.01. The lowest BCUT2D eigenvalue weighted by atomic mass is 10.1. The summed E-state index contributed by atoms with van der Waals surface area (Å²) in [6.45, 7) is 6.62. The monoisotopic (exact) mass is 265 g/mol. The van der Waals surface area contributed by atoms with Crippen LogP contribution in [0.25, 0.3) is 0 Å². The van der Waals surface area contributed by atoms with Crippen molar-refractivity contribution in [3.8, 4) is 0 Å². The maximum Gasteiger partial charge on any atom is 0.242 e. The lowest BCUT2D eigenvalue weighted by Crippen LogP contribution is -2.49. The van der Waals surface area contributed by atoms with Gasteiger partial charge in [-0.15, -0.1) is 0 Å². The fourth-order valence-electron chi connectivity index (χ4n) is 2.59. The van der Waals surface area contributed by atoms with E-state index in [9.17, 15) is 4.79 Å². The van der Waals surface area contributed by atoms with Crippen molar-refractivity contribution in [2.24, 2.45) is 0 Å². The fourth-order valence-corrected chi connectivity index (χ4v) is 2.59. The molecule has 5 nitrogen and oxygen atoms in total.